The number of cyclic esters (lactones) is 1. The largest absolute Gasteiger partial charge is 0.508 e. The van der Waals surface area contributed by atoms with Crippen molar-refractivity contribution in [3.63, 3.8) is 0 Å². The Morgan fingerprint density at radius 2 is 1.51 bits per heavy atom. The summed E-state index contributed by atoms with van der Waals surface area (Å²) in [5.41, 5.74) is 12.3. The number of phenols is 1. The molecule has 0 aromatic heterocycles. The van der Waals surface area contributed by atoms with Gasteiger partial charge in [0.1, 0.15) is 66.4 Å². The van der Waals surface area contributed by atoms with Gasteiger partial charge in [0.25, 0.3) is 0 Å². The van der Waals surface area contributed by atoms with Crippen molar-refractivity contribution in [3.8, 4) is 5.75 Å². The number of aromatic hydroxyl groups is 1. The molecular weight excluding hydrogens is 1040 g/mol. The Morgan fingerprint density at radius 1 is 0.838 bits per heavy atom. The zero-order chi connectivity index (χ0) is 59.4. The number of piperidine rings is 1. The third-order valence-corrected chi connectivity index (χ3v) is 14.2. The van der Waals surface area contributed by atoms with Crippen LogP contribution in [0.5, 0.6) is 5.75 Å². The van der Waals surface area contributed by atoms with Gasteiger partial charge in [0.15, 0.2) is 5.96 Å². The van der Waals surface area contributed by atoms with E-state index >= 15 is 0 Å². The summed E-state index contributed by atoms with van der Waals surface area (Å²) in [6.45, 7) is 9.83. The van der Waals surface area contributed by atoms with E-state index in [0.717, 1.165) is 12.0 Å². The molecule has 2 heterocycles. The van der Waals surface area contributed by atoms with Crippen molar-refractivity contribution in [2.75, 3.05) is 20.7 Å². The summed E-state index contributed by atoms with van der Waals surface area (Å²) in [6.07, 6.45) is -3.44. The van der Waals surface area contributed by atoms with Crippen LogP contribution in [-0.2, 0) is 70.3 Å². The summed E-state index contributed by atoms with van der Waals surface area (Å²) in [4.78, 5) is 148. The quantitative estimate of drug-likeness (QED) is 0.0331. The molecule has 25 heteroatoms. The molecule has 8 amide bonds. The maximum absolute atomic E-state index is 14.8. The van der Waals surface area contributed by atoms with E-state index in [0.29, 0.717) is 24.0 Å². The predicted molar refractivity (Wildman–Crippen MR) is 292 cm³/mol. The summed E-state index contributed by atoms with van der Waals surface area (Å²) in [5, 5.41) is 37.1. The molecule has 25 nitrogen and oxygen atoms in total. The smallest absolute Gasteiger partial charge is 0.329 e. The fourth-order valence-corrected chi connectivity index (χ4v) is 9.39. The molecule has 440 valence electrons. The second-order valence-corrected chi connectivity index (χ2v) is 20.6. The highest BCUT2D eigenvalue weighted by Gasteiger charge is 2.47. The van der Waals surface area contributed by atoms with E-state index in [2.05, 4.69) is 36.9 Å². The fraction of sp³-hybridized carbons (Fsp3) is 0.582. The van der Waals surface area contributed by atoms with Gasteiger partial charge in [-0.05, 0) is 80.5 Å². The fourth-order valence-electron chi connectivity index (χ4n) is 9.39. The summed E-state index contributed by atoms with van der Waals surface area (Å²) in [5.74, 6) is -9.90. The van der Waals surface area contributed by atoms with Gasteiger partial charge in [-0.25, -0.2) is 9.59 Å². The van der Waals surface area contributed by atoms with E-state index in [1.54, 1.807) is 77.1 Å². The second kappa shape index (κ2) is 31.1. The number of guanidine groups is 1. The average molecular weight is 1120 g/mol. The van der Waals surface area contributed by atoms with E-state index < -0.39 is 145 Å². The number of nitrogens with one attached hydrogen (secondary N) is 6. The van der Waals surface area contributed by atoms with Crippen molar-refractivity contribution < 1.29 is 67.6 Å². The van der Waals surface area contributed by atoms with Crippen LogP contribution < -0.4 is 43.4 Å². The van der Waals surface area contributed by atoms with Crippen LogP contribution >= 0.6 is 0 Å². The van der Waals surface area contributed by atoms with Gasteiger partial charge in [-0.1, -0.05) is 83.5 Å². The number of carbonyl (C=O) groups excluding carboxylic acids is 10. The number of hydrogen-bond donors (Lipinski definition) is 10. The molecule has 2 fully saturated rings. The number of rotatable bonds is 21. The van der Waals surface area contributed by atoms with Gasteiger partial charge in [-0.3, -0.25) is 43.3 Å². The summed E-state index contributed by atoms with van der Waals surface area (Å²) in [6, 6.07) is 3.35. The molecule has 12 N–H and O–H groups in total. The van der Waals surface area contributed by atoms with E-state index in [4.69, 9.17) is 20.9 Å². The van der Waals surface area contributed by atoms with E-state index in [9.17, 15) is 58.2 Å². The Labute approximate surface area is 466 Å². The maximum Gasteiger partial charge on any atom is 0.329 e. The van der Waals surface area contributed by atoms with Crippen molar-refractivity contribution in [1.82, 2.24) is 41.7 Å². The monoisotopic (exact) mass is 1120 g/mol. The normalized spacial score (nSPS) is 23.5. The van der Waals surface area contributed by atoms with Crippen molar-refractivity contribution >= 4 is 65.2 Å². The van der Waals surface area contributed by atoms with Crippen LogP contribution in [0.15, 0.2) is 59.6 Å². The second-order valence-electron chi connectivity index (χ2n) is 20.6. The first-order valence-corrected chi connectivity index (χ1v) is 27.1. The Balaban J connectivity index is 1.77. The number of nitrogens with two attached hydrogens (primary N) is 2. The summed E-state index contributed by atoms with van der Waals surface area (Å²) < 4.78 is 10.9. The number of amides is 8. The standard InChI is InChI=1S/C55H81N11O14/c1-9-15-41(68)59-39(28-34-19-21-35(67)22-20-34)48(72)62-38(53(77)79-8)23-25-42(69)63-45-32(6)80-54(78)44(31(5)10-2)64-49(73)40(29-33-16-12-11-13-17-33)65(7)52(76)46(30(3)4)66-43(70)26-24-37(51(66)75)61-47(71)36(60-50(45)74)18-14-27-58-55(56)57/h11-13,16-17,19-22,30-32,36-40,43-46,67,70H,9-10,14-15,18,23-29H2,1-8H3,(H,59,68)(H,60,74)(H,61,71)(H,62,72)(H,63,69)(H,64,73)(H4,56,57,58). The number of phenolic OH excluding ortho intramolecular Hbond substituents is 1. The zero-order valence-corrected chi connectivity index (χ0v) is 46.9. The molecule has 2 aromatic rings. The molecule has 2 aromatic carbocycles. The lowest BCUT2D eigenvalue weighted by molar-refractivity contribution is -0.167. The predicted octanol–water partition coefficient (Wildman–Crippen LogP) is -0.323. The number of carbonyl (C=O) groups is 10. The molecule has 80 heavy (non-hydrogen) atoms. The molecule has 2 saturated heterocycles. The number of ether oxygens (including phenoxy) is 2. The number of methoxy groups -OCH3 is 1. The van der Waals surface area contributed by atoms with Crippen LogP contribution in [0.2, 0.25) is 0 Å². The van der Waals surface area contributed by atoms with E-state index in [-0.39, 0.29) is 63.2 Å². The Bertz CT molecular complexity index is 2510. The number of esters is 2. The van der Waals surface area contributed by atoms with Gasteiger partial charge in [-0.2, -0.15) is 0 Å². The van der Waals surface area contributed by atoms with Crippen molar-refractivity contribution in [1.29, 1.82) is 0 Å². The molecule has 0 radical (unpaired) electrons. The Kier molecular flexibility index (Phi) is 25.1. The third kappa shape index (κ3) is 18.6. The molecule has 0 aliphatic carbocycles. The SMILES string of the molecule is CCCC(=O)NC(Cc1ccc(O)cc1)C(=O)NC(CCC(=O)NC1C(=O)NC(CCCN=C(N)N)C(=O)NC2CCC(O)N(C2=O)C(C(C)C)C(=O)N(C)C(Cc2ccccc2)C(=O)NC(C(C)CC)C(=O)OC1C)C(=O)OC. The zero-order valence-electron chi connectivity index (χ0n) is 46.9. The highest BCUT2D eigenvalue weighted by molar-refractivity contribution is 5.98. The lowest BCUT2D eigenvalue weighted by atomic mass is 9.93. The number of hydrogen-bond acceptors (Lipinski definition) is 15. The number of aliphatic hydroxyl groups excluding tert-OH is 1. The number of aliphatic hydroxyl groups is 1. The van der Waals surface area contributed by atoms with Crippen LogP contribution in [0, 0.1) is 11.8 Å². The van der Waals surface area contributed by atoms with Gasteiger partial charge in [0.05, 0.1) is 7.11 Å². The molecule has 2 bridgehead atoms. The van der Waals surface area contributed by atoms with E-state index in [1.165, 1.54) is 31.0 Å². The molecule has 11 unspecified atom stereocenters. The highest BCUT2D eigenvalue weighted by atomic mass is 16.5. The molecular formula is C55H81N11O14. The number of likely N-dealkylation sites (N-methyl/N-ethyl adjacent to an activating group) is 1. The average Bonchev–Trinajstić information content (AvgIpc) is 3.43. The van der Waals surface area contributed by atoms with Gasteiger partial charge in [-0.15, -0.1) is 0 Å². The minimum absolute atomic E-state index is 0.00125. The van der Waals surface area contributed by atoms with Crippen molar-refractivity contribution in [3.05, 3.63) is 65.7 Å². The summed E-state index contributed by atoms with van der Waals surface area (Å²) in [7, 11) is 2.45. The molecule has 0 spiro atoms. The lowest BCUT2D eigenvalue weighted by Gasteiger charge is -2.44. The van der Waals surface area contributed by atoms with Crippen LogP contribution in [0.1, 0.15) is 110 Å². The minimum atomic E-state index is -1.80. The molecule has 2 aliphatic heterocycles. The number of fused-ring (bicyclic) bond motifs is 2. The topological polar surface area (TPSA) is 373 Å². The van der Waals surface area contributed by atoms with Gasteiger partial charge >= 0.3 is 11.9 Å². The first kappa shape index (κ1) is 64.7. The Morgan fingerprint density at radius 3 is 2.12 bits per heavy atom. The first-order chi connectivity index (χ1) is 37.9. The Hall–Kier alpha value is -7.83. The third-order valence-electron chi connectivity index (χ3n) is 14.2. The van der Waals surface area contributed by atoms with Gasteiger partial charge in [0.2, 0.25) is 47.3 Å². The maximum atomic E-state index is 14.8. The van der Waals surface area contributed by atoms with Crippen LogP contribution in [0.4, 0.5) is 0 Å². The first-order valence-electron chi connectivity index (χ1n) is 27.1. The molecule has 2 aliphatic rings. The van der Waals surface area contributed by atoms with Crippen LogP contribution in [-0.4, -0.2) is 167 Å². The minimum Gasteiger partial charge on any atom is -0.508 e. The van der Waals surface area contributed by atoms with Crippen molar-refractivity contribution in [2.24, 2.45) is 28.3 Å². The van der Waals surface area contributed by atoms with Crippen LogP contribution in [0.3, 0.4) is 0 Å². The number of nitrogens with zero attached hydrogens (tertiary/aromatic N) is 3. The number of aliphatic imine (C=N–C) groups is 1. The highest BCUT2D eigenvalue weighted by Crippen LogP contribution is 2.27. The molecule has 4 rings (SSSR count). The van der Waals surface area contributed by atoms with Crippen LogP contribution in [0.25, 0.3) is 0 Å². The lowest BCUT2D eigenvalue weighted by Crippen LogP contribution is -2.66. The summed E-state index contributed by atoms with van der Waals surface area (Å²) >= 11 is 0. The van der Waals surface area contributed by atoms with Gasteiger partial charge < -0.3 is 72.9 Å². The van der Waals surface area contributed by atoms with Crippen molar-refractivity contribution in [2.45, 2.75) is 173 Å². The molecule has 11 atom stereocenters. The number of benzene rings is 2. The van der Waals surface area contributed by atoms with E-state index in [1.807, 2.05) is 0 Å². The van der Waals surface area contributed by atoms with Gasteiger partial charge in [0, 0.05) is 39.3 Å². The molecule has 0 saturated carbocycles.